The van der Waals surface area contributed by atoms with E-state index in [2.05, 4.69) is 375 Å². The van der Waals surface area contributed by atoms with Crippen LogP contribution in [0.25, 0.3) is 78.9 Å². The Morgan fingerprint density at radius 2 is 0.545 bits per heavy atom. The molecule has 0 N–H and O–H groups in total. The lowest BCUT2D eigenvalue weighted by Crippen LogP contribution is -2.27. The zero-order valence-electron chi connectivity index (χ0n) is 63.6. The van der Waals surface area contributed by atoms with Crippen molar-refractivity contribution in [1.82, 2.24) is 0 Å². The van der Waals surface area contributed by atoms with Crippen molar-refractivity contribution in [3.8, 4) is 78.3 Å². The van der Waals surface area contributed by atoms with Gasteiger partial charge in [0, 0.05) is 45.0 Å². The Morgan fingerprint density at radius 3 is 0.946 bits per heavy atom. The first-order valence-electron chi connectivity index (χ1n) is 40.0. The Bertz CT molecular complexity index is 5390. The predicted molar refractivity (Wildman–Crippen MR) is 471 cm³/mol. The van der Waals surface area contributed by atoms with E-state index in [-0.39, 0.29) is 10.8 Å². The van der Waals surface area contributed by atoms with Gasteiger partial charge in [0.25, 0.3) is 0 Å². The molecule has 4 heteroatoms. The molecule has 546 valence electrons. The Hall–Kier alpha value is -13.0. The third-order valence-corrected chi connectivity index (χ3v) is 23.2. The molecule has 0 aromatic heterocycles. The van der Waals surface area contributed by atoms with E-state index in [1.165, 1.54) is 77.9 Å². The molecule has 0 saturated heterocycles. The van der Waals surface area contributed by atoms with Gasteiger partial charge in [0.2, 0.25) is 0 Å². The molecule has 0 spiro atoms. The van der Waals surface area contributed by atoms with E-state index in [1.54, 1.807) is 0 Å². The number of rotatable bonds is 30. The zero-order valence-corrected chi connectivity index (χ0v) is 63.6. The molecule has 112 heavy (non-hydrogen) atoms. The number of unbranched alkanes of at least 4 members (excludes halogenated alkanes) is 6. The summed E-state index contributed by atoms with van der Waals surface area (Å²) in [7, 11) is 0. The summed E-state index contributed by atoms with van der Waals surface area (Å²) in [6, 6.07) is 139. The van der Waals surface area contributed by atoms with Crippen LogP contribution in [-0.2, 0) is 10.8 Å². The van der Waals surface area contributed by atoms with Crippen LogP contribution in [0.5, 0.6) is 11.5 Å². The summed E-state index contributed by atoms with van der Waals surface area (Å²) < 4.78 is 12.4. The molecule has 0 saturated carbocycles. The van der Waals surface area contributed by atoms with Crippen molar-refractivity contribution in [3.05, 3.63) is 434 Å². The van der Waals surface area contributed by atoms with Crippen LogP contribution in [0, 0.1) is 0 Å². The molecule has 2 atom stereocenters. The van der Waals surface area contributed by atoms with Crippen LogP contribution in [0.15, 0.2) is 389 Å². The molecule has 2 aliphatic rings. The second-order valence-corrected chi connectivity index (χ2v) is 29.8. The van der Waals surface area contributed by atoms with Gasteiger partial charge in [-0.1, -0.05) is 337 Å². The summed E-state index contributed by atoms with van der Waals surface area (Å²) in [5.41, 5.74) is 30.5. The summed E-state index contributed by atoms with van der Waals surface area (Å²) in [4.78, 5) is 4.95. The van der Waals surface area contributed by atoms with E-state index in [0.717, 1.165) is 143 Å². The maximum absolute atomic E-state index is 6.22. The third kappa shape index (κ3) is 14.6. The zero-order chi connectivity index (χ0) is 75.5. The van der Waals surface area contributed by atoms with Crippen LogP contribution < -0.4 is 19.3 Å². The largest absolute Gasteiger partial charge is 0.494 e. The molecule has 2 unspecified atom stereocenters. The van der Waals surface area contributed by atoms with Gasteiger partial charge in [-0.3, -0.25) is 0 Å². The van der Waals surface area contributed by atoms with Crippen molar-refractivity contribution < 1.29 is 9.47 Å². The highest BCUT2D eigenvalue weighted by atomic mass is 16.5. The van der Waals surface area contributed by atoms with E-state index >= 15 is 0 Å². The van der Waals surface area contributed by atoms with Crippen molar-refractivity contribution in [1.29, 1.82) is 0 Å². The van der Waals surface area contributed by atoms with Crippen LogP contribution >= 0.6 is 0 Å². The molecular formula is C108H92N2O2. The maximum Gasteiger partial charge on any atom is 0.119 e. The number of hydrogen-bond donors (Lipinski definition) is 0. The van der Waals surface area contributed by atoms with Crippen LogP contribution in [-0.4, -0.2) is 13.2 Å². The number of nitrogens with zero attached hydrogens (tertiary/aromatic N) is 2. The lowest BCUT2D eigenvalue weighted by molar-refractivity contribution is 0.303. The van der Waals surface area contributed by atoms with Crippen molar-refractivity contribution in [2.45, 2.75) is 75.0 Å². The fourth-order valence-electron chi connectivity index (χ4n) is 17.6. The Morgan fingerprint density at radius 1 is 0.232 bits per heavy atom. The van der Waals surface area contributed by atoms with E-state index in [9.17, 15) is 0 Å². The molecule has 0 heterocycles. The summed E-state index contributed by atoms with van der Waals surface area (Å²) in [5.74, 6) is 1.81. The van der Waals surface area contributed by atoms with Crippen LogP contribution in [0.2, 0.25) is 0 Å². The molecule has 4 nitrogen and oxygen atoms in total. The minimum atomic E-state index is -0.376. The molecular weight excluding hydrogens is 1360 g/mol. The average molecular weight is 1450 g/mol. The summed E-state index contributed by atoms with van der Waals surface area (Å²) in [6.45, 7) is 9.22. The van der Waals surface area contributed by atoms with Crippen LogP contribution in [0.3, 0.4) is 0 Å². The van der Waals surface area contributed by atoms with E-state index in [1.807, 2.05) is 36.4 Å². The molecule has 0 fully saturated rings. The number of anilines is 6. The molecule has 0 radical (unpaired) electrons. The SMILES string of the molecule is C=Cc1ccc(OCCCCCCC2(c3ccccc3)c3ccccc3-c3ccc(N(c4ccc(-c5ccccc5)cc4)c4cccc(-c5cccc(-c6cccc(N(c7ccc(-c8ccccc8)cc7)c7ccc8c(c7)C(CCCCCCOc7ccc(C=C)cc7)(c7ccccc7)c7ccccc7-8)c6)c5)c4)cc32)cc1. The molecule has 15 aromatic rings. The van der Waals surface area contributed by atoms with Gasteiger partial charge < -0.3 is 19.3 Å². The highest BCUT2D eigenvalue weighted by molar-refractivity contribution is 5.91. The van der Waals surface area contributed by atoms with Gasteiger partial charge >= 0.3 is 0 Å². The number of hydrogen-bond acceptors (Lipinski definition) is 4. The molecule has 0 bridgehead atoms. The van der Waals surface area contributed by atoms with Gasteiger partial charge in [-0.05, 0) is 240 Å². The Labute approximate surface area is 661 Å². The second-order valence-electron chi connectivity index (χ2n) is 29.8. The normalized spacial score (nSPS) is 14.3. The first-order valence-corrected chi connectivity index (χ1v) is 40.0. The third-order valence-electron chi connectivity index (χ3n) is 23.2. The van der Waals surface area contributed by atoms with Gasteiger partial charge in [0.05, 0.1) is 13.2 Å². The molecule has 17 rings (SSSR count). The van der Waals surface area contributed by atoms with Crippen molar-refractivity contribution in [2.24, 2.45) is 0 Å². The first-order chi connectivity index (χ1) is 55.4. The number of ether oxygens (including phenoxy) is 2. The number of benzene rings is 15. The fraction of sp³-hybridized carbons (Fsp3) is 0.130. The molecule has 2 aliphatic carbocycles. The first kappa shape index (κ1) is 71.9. The monoisotopic (exact) mass is 1450 g/mol. The second kappa shape index (κ2) is 33.1. The van der Waals surface area contributed by atoms with Gasteiger partial charge in [-0.15, -0.1) is 0 Å². The lowest BCUT2D eigenvalue weighted by Gasteiger charge is -2.34. The number of fused-ring (bicyclic) bond motifs is 6. The minimum absolute atomic E-state index is 0.376. The molecule has 0 aliphatic heterocycles. The molecule has 15 aromatic carbocycles. The summed E-state index contributed by atoms with van der Waals surface area (Å²) in [6.07, 6.45) is 14.2. The Balaban J connectivity index is 0.709. The van der Waals surface area contributed by atoms with Crippen LogP contribution in [0.1, 0.15) is 109 Å². The summed E-state index contributed by atoms with van der Waals surface area (Å²) in [5, 5.41) is 0. The van der Waals surface area contributed by atoms with E-state index in [0.29, 0.717) is 13.2 Å². The van der Waals surface area contributed by atoms with E-state index in [4.69, 9.17) is 9.47 Å². The quantitative estimate of drug-likeness (QED) is 0.0419. The molecule has 0 amide bonds. The van der Waals surface area contributed by atoms with Crippen molar-refractivity contribution >= 4 is 46.3 Å². The van der Waals surface area contributed by atoms with Crippen LogP contribution in [0.4, 0.5) is 34.1 Å². The Kier molecular flexibility index (Phi) is 21.2. The van der Waals surface area contributed by atoms with E-state index < -0.39 is 0 Å². The smallest absolute Gasteiger partial charge is 0.119 e. The maximum atomic E-state index is 6.22. The van der Waals surface area contributed by atoms with Gasteiger partial charge in [0.15, 0.2) is 0 Å². The fourth-order valence-corrected chi connectivity index (χ4v) is 17.6. The van der Waals surface area contributed by atoms with Crippen molar-refractivity contribution in [3.63, 3.8) is 0 Å². The van der Waals surface area contributed by atoms with Gasteiger partial charge in [0.1, 0.15) is 11.5 Å². The predicted octanol–water partition coefficient (Wildman–Crippen LogP) is 29.3. The topological polar surface area (TPSA) is 24.9 Å². The highest BCUT2D eigenvalue weighted by Crippen LogP contribution is 2.59. The minimum Gasteiger partial charge on any atom is -0.494 e. The standard InChI is InChI=1S/C108H92N2O2/c1-3-79-50-64-97(65-51-79)111-72-27-7-5-25-70-107(89-40-17-11-18-41-89)103-48-23-21-46-99(103)101-68-62-95(77-105(101)107)109(91-58-54-83(55-59-91)81-32-13-9-14-33-81)93-44-30-38-87(75-93)85-36-29-37-86(74-85)88-39-31-45-94(76-88)110(92-60-56-84(57-61-92)82-34-15-10-16-35-82)96-63-69-102-100-47-22-24-49-104(100)108(106(102)78-96,90-42-19-12-20-43-90)71-26-6-8-28-73-112-98-66-52-80(4-2)53-67-98/h3-4,9-24,29-69,74-78H,1-2,5-8,25-28,70-73H2. The lowest BCUT2D eigenvalue weighted by atomic mass is 9.69. The summed E-state index contributed by atoms with van der Waals surface area (Å²) >= 11 is 0. The van der Waals surface area contributed by atoms with Gasteiger partial charge in [-0.25, -0.2) is 0 Å². The van der Waals surface area contributed by atoms with Crippen molar-refractivity contribution in [2.75, 3.05) is 23.0 Å². The average Bonchev–Trinajstić information content (AvgIpc) is 1.55. The highest BCUT2D eigenvalue weighted by Gasteiger charge is 2.46. The van der Waals surface area contributed by atoms with Gasteiger partial charge in [-0.2, -0.15) is 0 Å².